The van der Waals surface area contributed by atoms with Crippen molar-refractivity contribution in [1.29, 1.82) is 0 Å². The van der Waals surface area contributed by atoms with Crippen LogP contribution in [-0.2, 0) is 13.0 Å². The van der Waals surface area contributed by atoms with Gasteiger partial charge >= 0.3 is 0 Å². The van der Waals surface area contributed by atoms with Gasteiger partial charge in [-0.1, -0.05) is 35.9 Å². The van der Waals surface area contributed by atoms with E-state index in [9.17, 15) is 4.39 Å². The molecule has 0 radical (unpaired) electrons. The average Bonchev–Trinajstić information content (AvgIpc) is 2.41. The zero-order valence-electron chi connectivity index (χ0n) is 10.9. The van der Waals surface area contributed by atoms with Crippen molar-refractivity contribution >= 4 is 11.6 Å². The minimum absolute atomic E-state index is 0.148. The molecule has 1 N–H and O–H groups in total. The van der Waals surface area contributed by atoms with Crippen molar-refractivity contribution < 1.29 is 4.39 Å². The summed E-state index contributed by atoms with van der Waals surface area (Å²) in [5.74, 6) is -0.148. The minimum atomic E-state index is -0.148. The predicted molar refractivity (Wildman–Crippen MR) is 78.0 cm³/mol. The van der Waals surface area contributed by atoms with Crippen LogP contribution in [0.5, 0.6) is 0 Å². The molecule has 1 nitrogen and oxygen atoms in total. The van der Waals surface area contributed by atoms with Crippen LogP contribution in [0.3, 0.4) is 0 Å². The minimum Gasteiger partial charge on any atom is -0.312 e. The number of hydrogen-bond donors (Lipinski definition) is 1. The Hall–Kier alpha value is -1.38. The third-order valence-electron chi connectivity index (χ3n) is 3.06. The summed E-state index contributed by atoms with van der Waals surface area (Å²) < 4.78 is 13.1. The molecule has 2 aromatic rings. The summed E-state index contributed by atoms with van der Waals surface area (Å²) in [6.45, 7) is 3.43. The molecule has 0 saturated heterocycles. The van der Waals surface area contributed by atoms with E-state index < -0.39 is 0 Å². The standard InChI is InChI=1S/C16H17ClFN/c1-12-10-14(4-7-16(12)18)11-19-9-8-13-2-5-15(17)6-3-13/h2-7,10,19H,8-9,11H2,1H3. The Bertz CT molecular complexity index is 537. The second kappa shape index (κ2) is 6.69. The van der Waals surface area contributed by atoms with Crippen LogP contribution < -0.4 is 5.32 Å². The largest absolute Gasteiger partial charge is 0.312 e. The molecule has 2 aromatic carbocycles. The van der Waals surface area contributed by atoms with Crippen molar-refractivity contribution in [3.8, 4) is 0 Å². The van der Waals surface area contributed by atoms with E-state index in [1.807, 2.05) is 36.4 Å². The first-order chi connectivity index (χ1) is 9.15. The molecule has 0 heterocycles. The summed E-state index contributed by atoms with van der Waals surface area (Å²) in [5, 5.41) is 4.12. The molecule has 0 saturated carbocycles. The van der Waals surface area contributed by atoms with Crippen LogP contribution in [-0.4, -0.2) is 6.54 Å². The lowest BCUT2D eigenvalue weighted by atomic mass is 10.1. The van der Waals surface area contributed by atoms with E-state index in [2.05, 4.69) is 5.32 Å². The molecular formula is C16H17ClFN. The molecule has 0 aliphatic carbocycles. The van der Waals surface area contributed by atoms with Crippen molar-refractivity contribution in [3.63, 3.8) is 0 Å². The Kier molecular flexibility index (Phi) is 4.94. The smallest absolute Gasteiger partial charge is 0.126 e. The highest BCUT2D eigenvalue weighted by Gasteiger charge is 1.99. The van der Waals surface area contributed by atoms with Gasteiger partial charge in [-0.15, -0.1) is 0 Å². The van der Waals surface area contributed by atoms with Crippen LogP contribution in [0.4, 0.5) is 4.39 Å². The first kappa shape index (κ1) is 14.0. The van der Waals surface area contributed by atoms with E-state index in [-0.39, 0.29) is 5.82 Å². The van der Waals surface area contributed by atoms with E-state index in [1.165, 1.54) is 11.6 Å². The lowest BCUT2D eigenvalue weighted by molar-refractivity contribution is 0.615. The molecule has 3 heteroatoms. The number of benzene rings is 2. The predicted octanol–water partition coefficient (Wildman–Crippen LogP) is 4.12. The first-order valence-corrected chi connectivity index (χ1v) is 6.73. The molecule has 0 bridgehead atoms. The zero-order chi connectivity index (χ0) is 13.7. The van der Waals surface area contributed by atoms with Crippen molar-refractivity contribution in [3.05, 3.63) is 70.0 Å². The fourth-order valence-corrected chi connectivity index (χ4v) is 2.06. The number of nitrogens with one attached hydrogen (secondary N) is 1. The van der Waals surface area contributed by atoms with Crippen molar-refractivity contribution in [2.24, 2.45) is 0 Å². The van der Waals surface area contributed by atoms with Gasteiger partial charge in [0.1, 0.15) is 5.82 Å². The van der Waals surface area contributed by atoms with Gasteiger partial charge in [0, 0.05) is 11.6 Å². The van der Waals surface area contributed by atoms with Gasteiger partial charge in [0.2, 0.25) is 0 Å². The first-order valence-electron chi connectivity index (χ1n) is 6.35. The highest BCUT2D eigenvalue weighted by Crippen LogP contribution is 2.10. The van der Waals surface area contributed by atoms with Crippen LogP contribution in [0, 0.1) is 12.7 Å². The summed E-state index contributed by atoms with van der Waals surface area (Å²) in [7, 11) is 0. The van der Waals surface area contributed by atoms with Crippen LogP contribution in [0.25, 0.3) is 0 Å². The summed E-state index contributed by atoms with van der Waals surface area (Å²) >= 11 is 5.83. The molecular weight excluding hydrogens is 261 g/mol. The quantitative estimate of drug-likeness (QED) is 0.811. The van der Waals surface area contributed by atoms with Gasteiger partial charge in [0.05, 0.1) is 0 Å². The molecule has 0 fully saturated rings. The highest BCUT2D eigenvalue weighted by molar-refractivity contribution is 6.30. The van der Waals surface area contributed by atoms with Crippen molar-refractivity contribution in [1.82, 2.24) is 5.32 Å². The lowest BCUT2D eigenvalue weighted by Crippen LogP contribution is -2.16. The summed E-state index contributed by atoms with van der Waals surface area (Å²) in [5.41, 5.74) is 3.05. The maximum absolute atomic E-state index is 13.1. The van der Waals surface area contributed by atoms with Crippen molar-refractivity contribution in [2.45, 2.75) is 19.9 Å². The third kappa shape index (κ3) is 4.34. The van der Waals surface area contributed by atoms with E-state index >= 15 is 0 Å². The maximum Gasteiger partial charge on any atom is 0.126 e. The van der Waals surface area contributed by atoms with Gasteiger partial charge in [-0.05, 0) is 54.8 Å². The molecule has 100 valence electrons. The molecule has 2 rings (SSSR count). The molecule has 0 aliphatic heterocycles. The van der Waals surface area contributed by atoms with Gasteiger partial charge in [-0.3, -0.25) is 0 Å². The number of halogens is 2. The SMILES string of the molecule is Cc1cc(CNCCc2ccc(Cl)cc2)ccc1F. The zero-order valence-corrected chi connectivity index (χ0v) is 11.7. The fourth-order valence-electron chi connectivity index (χ4n) is 1.93. The van der Waals surface area contributed by atoms with Crippen LogP contribution >= 0.6 is 11.6 Å². The van der Waals surface area contributed by atoms with Crippen LogP contribution in [0.15, 0.2) is 42.5 Å². The third-order valence-corrected chi connectivity index (χ3v) is 3.31. The Morgan fingerprint density at radius 1 is 1.05 bits per heavy atom. The highest BCUT2D eigenvalue weighted by atomic mass is 35.5. The average molecular weight is 278 g/mol. The normalized spacial score (nSPS) is 10.7. The topological polar surface area (TPSA) is 12.0 Å². The van der Waals surface area contributed by atoms with E-state index in [0.29, 0.717) is 5.56 Å². The van der Waals surface area contributed by atoms with Crippen LogP contribution in [0.1, 0.15) is 16.7 Å². The van der Waals surface area contributed by atoms with Crippen molar-refractivity contribution in [2.75, 3.05) is 6.54 Å². The summed E-state index contributed by atoms with van der Waals surface area (Å²) in [4.78, 5) is 0. The maximum atomic E-state index is 13.1. The van der Waals surface area contributed by atoms with Gasteiger partial charge in [-0.25, -0.2) is 4.39 Å². The molecule has 0 aromatic heterocycles. The molecule has 0 unspecified atom stereocenters. The van der Waals surface area contributed by atoms with E-state index in [0.717, 1.165) is 30.1 Å². The van der Waals surface area contributed by atoms with Gasteiger partial charge < -0.3 is 5.32 Å². The molecule has 19 heavy (non-hydrogen) atoms. The second-order valence-electron chi connectivity index (χ2n) is 4.64. The second-order valence-corrected chi connectivity index (χ2v) is 5.07. The van der Waals surface area contributed by atoms with E-state index in [1.54, 1.807) is 6.92 Å². The molecule has 0 spiro atoms. The lowest BCUT2D eigenvalue weighted by Gasteiger charge is -2.06. The number of rotatable bonds is 5. The Labute approximate surface area is 118 Å². The monoisotopic (exact) mass is 277 g/mol. The Balaban J connectivity index is 1.77. The number of aryl methyl sites for hydroxylation is 1. The Morgan fingerprint density at radius 2 is 1.74 bits per heavy atom. The molecule has 0 amide bonds. The van der Waals surface area contributed by atoms with Gasteiger partial charge in [-0.2, -0.15) is 0 Å². The van der Waals surface area contributed by atoms with E-state index in [4.69, 9.17) is 11.6 Å². The summed E-state index contributed by atoms with van der Waals surface area (Å²) in [6, 6.07) is 13.1. The van der Waals surface area contributed by atoms with Crippen LogP contribution in [0.2, 0.25) is 5.02 Å². The van der Waals surface area contributed by atoms with Gasteiger partial charge in [0.25, 0.3) is 0 Å². The number of hydrogen-bond acceptors (Lipinski definition) is 1. The molecule has 0 atom stereocenters. The molecule has 0 aliphatic rings. The summed E-state index contributed by atoms with van der Waals surface area (Å²) in [6.07, 6.45) is 0.956. The Morgan fingerprint density at radius 3 is 2.42 bits per heavy atom. The fraction of sp³-hybridized carbons (Fsp3) is 0.250. The van der Waals surface area contributed by atoms with Gasteiger partial charge in [0.15, 0.2) is 0 Å².